The highest BCUT2D eigenvalue weighted by atomic mass is 16.5. The number of piperidine rings is 1. The number of aromatic nitrogens is 1. The Labute approximate surface area is 283 Å². The summed E-state index contributed by atoms with van der Waals surface area (Å²) in [6.07, 6.45) is 13.5. The Hall–Kier alpha value is -3.26. The first kappa shape index (κ1) is 35.1. The lowest BCUT2D eigenvalue weighted by Crippen LogP contribution is -2.57. The molecule has 1 aromatic heterocycles. The predicted molar refractivity (Wildman–Crippen MR) is 191 cm³/mol. The van der Waals surface area contributed by atoms with Crippen molar-refractivity contribution in [2.24, 2.45) is 11.7 Å². The highest BCUT2D eigenvalue weighted by molar-refractivity contribution is 5.91. The van der Waals surface area contributed by atoms with Crippen LogP contribution >= 0.6 is 0 Å². The van der Waals surface area contributed by atoms with E-state index in [-0.39, 0.29) is 11.8 Å². The molecular formula is C40H57N5O2. The number of unbranched alkanes of at least 4 members (excludes halogenated alkanes) is 3. The van der Waals surface area contributed by atoms with Gasteiger partial charge in [0.15, 0.2) is 0 Å². The second-order valence-corrected chi connectivity index (χ2v) is 14.0. The Morgan fingerprint density at radius 3 is 2.19 bits per heavy atom. The smallest absolute Gasteiger partial charge is 0.232 e. The van der Waals surface area contributed by atoms with Gasteiger partial charge in [0.2, 0.25) is 5.91 Å². The first-order valence-corrected chi connectivity index (χ1v) is 18.0. The first-order chi connectivity index (χ1) is 22.9. The molecule has 1 amide bonds. The third kappa shape index (κ3) is 7.90. The van der Waals surface area contributed by atoms with E-state index in [1.807, 2.05) is 48.7 Å². The number of methoxy groups -OCH3 is 1. The largest absolute Gasteiger partial charge is 0.496 e. The summed E-state index contributed by atoms with van der Waals surface area (Å²) in [6.45, 7) is 11.9. The molecule has 1 unspecified atom stereocenters. The van der Waals surface area contributed by atoms with E-state index in [4.69, 9.17) is 10.5 Å². The maximum absolute atomic E-state index is 13.8. The van der Waals surface area contributed by atoms with Crippen LogP contribution in [0.1, 0.15) is 88.8 Å². The molecule has 2 atom stereocenters. The molecule has 7 nitrogen and oxygen atoms in total. The van der Waals surface area contributed by atoms with Gasteiger partial charge in [-0.3, -0.25) is 24.5 Å². The van der Waals surface area contributed by atoms with Crippen LogP contribution in [-0.4, -0.2) is 77.1 Å². The van der Waals surface area contributed by atoms with Crippen LogP contribution in [0.3, 0.4) is 0 Å². The predicted octanol–water partition coefficient (Wildman–Crippen LogP) is 6.86. The summed E-state index contributed by atoms with van der Waals surface area (Å²) >= 11 is 0. The van der Waals surface area contributed by atoms with Crippen LogP contribution < -0.4 is 10.5 Å². The Morgan fingerprint density at radius 2 is 1.62 bits per heavy atom. The van der Waals surface area contributed by atoms with Gasteiger partial charge in [-0.2, -0.15) is 0 Å². The number of hydrogen-bond donors (Lipinski definition) is 1. The monoisotopic (exact) mass is 639 g/mol. The van der Waals surface area contributed by atoms with E-state index in [1.165, 1.54) is 25.7 Å². The number of amides is 1. The van der Waals surface area contributed by atoms with Gasteiger partial charge in [0.1, 0.15) is 11.2 Å². The van der Waals surface area contributed by atoms with Crippen molar-refractivity contribution in [2.75, 3.05) is 33.3 Å². The number of ether oxygens (including phenoxy) is 1. The topological polar surface area (TPSA) is 74.9 Å². The second-order valence-electron chi connectivity index (χ2n) is 14.0. The normalized spacial score (nSPS) is 19.0. The van der Waals surface area contributed by atoms with Crippen molar-refractivity contribution in [1.82, 2.24) is 19.7 Å². The van der Waals surface area contributed by atoms with Crippen LogP contribution in [0, 0.1) is 5.92 Å². The van der Waals surface area contributed by atoms with Crippen LogP contribution in [0.15, 0.2) is 79.1 Å². The van der Waals surface area contributed by atoms with Gasteiger partial charge in [0.25, 0.3) is 0 Å². The van der Waals surface area contributed by atoms with Gasteiger partial charge in [-0.15, -0.1) is 0 Å². The third-order valence-electron chi connectivity index (χ3n) is 10.8. The third-order valence-corrected chi connectivity index (χ3v) is 10.8. The number of rotatable bonds is 16. The molecule has 2 fully saturated rings. The van der Waals surface area contributed by atoms with E-state index in [0.717, 1.165) is 80.8 Å². The molecule has 2 saturated heterocycles. The number of carbonyl (C=O) groups excluding carboxylic acids is 1. The van der Waals surface area contributed by atoms with Gasteiger partial charge >= 0.3 is 0 Å². The van der Waals surface area contributed by atoms with Crippen molar-refractivity contribution in [3.63, 3.8) is 0 Å². The molecule has 3 heterocycles. The van der Waals surface area contributed by atoms with Crippen molar-refractivity contribution in [1.29, 1.82) is 0 Å². The fourth-order valence-electron chi connectivity index (χ4n) is 8.57. The van der Waals surface area contributed by atoms with Crippen LogP contribution in [0.25, 0.3) is 0 Å². The average Bonchev–Trinajstić information content (AvgIpc) is 3.58. The van der Waals surface area contributed by atoms with E-state index in [0.29, 0.717) is 18.2 Å². The summed E-state index contributed by atoms with van der Waals surface area (Å²) in [5.74, 6) is 0.757. The molecule has 2 aliphatic heterocycles. The minimum atomic E-state index is -0.870. The van der Waals surface area contributed by atoms with Gasteiger partial charge < -0.3 is 10.5 Å². The number of primary amides is 1. The molecule has 0 bridgehead atoms. The molecule has 0 saturated carbocycles. The fourth-order valence-corrected chi connectivity index (χ4v) is 8.57. The molecule has 2 aromatic carbocycles. The second kappa shape index (κ2) is 16.7. The molecule has 5 rings (SSSR count). The Morgan fingerprint density at radius 1 is 0.957 bits per heavy atom. The van der Waals surface area contributed by atoms with Gasteiger partial charge in [-0.1, -0.05) is 93.3 Å². The van der Waals surface area contributed by atoms with Crippen molar-refractivity contribution >= 4 is 5.91 Å². The maximum atomic E-state index is 13.8. The summed E-state index contributed by atoms with van der Waals surface area (Å²) in [4.78, 5) is 26.3. The standard InChI is InChI=1S/C40H57N5O2/c1-5-6-7-14-19-38(45(31(2)3)36-22-25-43(26-23-36)29-32-28-42-24-20-37(32)47-4)44-27-21-35(30-44)40(39(41)46,33-15-10-8-11-16-33)34-17-12-9-13-18-34/h8-13,15-18,20,24,28,31,35-36,38H,5-7,14,19,21-23,25-27,29-30H2,1-4H3,(H2,41,46)/t35-,38?/m1/s1. The van der Waals surface area contributed by atoms with E-state index in [9.17, 15) is 4.79 Å². The van der Waals surface area contributed by atoms with Crippen LogP contribution in [0.4, 0.5) is 0 Å². The quantitative estimate of drug-likeness (QED) is 0.173. The van der Waals surface area contributed by atoms with Crippen LogP contribution in [0.2, 0.25) is 0 Å². The number of nitrogens with two attached hydrogens (primary N) is 1. The Kier molecular flexibility index (Phi) is 12.5. The molecule has 0 spiro atoms. The van der Waals surface area contributed by atoms with E-state index in [2.05, 4.69) is 64.7 Å². The molecule has 0 aliphatic carbocycles. The molecule has 2 aliphatic rings. The number of carbonyl (C=O) groups is 1. The zero-order valence-corrected chi connectivity index (χ0v) is 29.2. The van der Waals surface area contributed by atoms with Crippen molar-refractivity contribution < 1.29 is 9.53 Å². The lowest BCUT2D eigenvalue weighted by atomic mass is 9.64. The minimum Gasteiger partial charge on any atom is -0.496 e. The van der Waals surface area contributed by atoms with Crippen molar-refractivity contribution in [2.45, 2.75) is 102 Å². The number of pyridine rings is 1. The average molecular weight is 640 g/mol. The Bertz CT molecular complexity index is 1340. The highest BCUT2D eigenvalue weighted by Gasteiger charge is 2.51. The first-order valence-electron chi connectivity index (χ1n) is 18.0. The molecule has 254 valence electrons. The number of hydrogen-bond acceptors (Lipinski definition) is 6. The molecule has 0 radical (unpaired) electrons. The van der Waals surface area contributed by atoms with Gasteiger partial charge in [-0.25, -0.2) is 0 Å². The SMILES string of the molecule is CCCCCCC(N1CC[C@@H](C(C(N)=O)(c2ccccc2)c2ccccc2)C1)N(C(C)C)C1CCN(Cc2cnccc2OC)CC1. The zero-order valence-electron chi connectivity index (χ0n) is 29.2. The minimum absolute atomic E-state index is 0.0910. The Balaban J connectivity index is 1.39. The molecule has 7 heteroatoms. The molecule has 47 heavy (non-hydrogen) atoms. The van der Waals surface area contributed by atoms with E-state index >= 15 is 0 Å². The van der Waals surface area contributed by atoms with Crippen LogP contribution in [0.5, 0.6) is 5.75 Å². The summed E-state index contributed by atoms with van der Waals surface area (Å²) in [7, 11) is 1.74. The van der Waals surface area contributed by atoms with Gasteiger partial charge in [0.05, 0.1) is 13.3 Å². The van der Waals surface area contributed by atoms with E-state index < -0.39 is 5.41 Å². The lowest BCUT2D eigenvalue weighted by molar-refractivity contribution is -0.124. The van der Waals surface area contributed by atoms with Crippen LogP contribution in [-0.2, 0) is 16.8 Å². The number of nitrogens with zero attached hydrogens (tertiary/aromatic N) is 4. The summed E-state index contributed by atoms with van der Waals surface area (Å²) in [6, 6.07) is 23.5. The van der Waals surface area contributed by atoms with Gasteiger partial charge in [0, 0.05) is 49.7 Å². The molecule has 3 aromatic rings. The lowest BCUT2D eigenvalue weighted by Gasteiger charge is -2.48. The maximum Gasteiger partial charge on any atom is 0.232 e. The van der Waals surface area contributed by atoms with E-state index in [1.54, 1.807) is 13.3 Å². The zero-order chi connectivity index (χ0) is 33.2. The molecular weight excluding hydrogens is 582 g/mol. The number of likely N-dealkylation sites (tertiary alicyclic amines) is 2. The summed E-state index contributed by atoms with van der Waals surface area (Å²) in [5, 5.41) is 0. The highest BCUT2D eigenvalue weighted by Crippen LogP contribution is 2.45. The van der Waals surface area contributed by atoms with Crippen molar-refractivity contribution in [3.05, 3.63) is 95.8 Å². The van der Waals surface area contributed by atoms with Crippen molar-refractivity contribution in [3.8, 4) is 5.75 Å². The fraction of sp³-hybridized carbons (Fsp3) is 0.550. The summed E-state index contributed by atoms with van der Waals surface area (Å²) in [5.41, 5.74) is 8.77. The van der Waals surface area contributed by atoms with Gasteiger partial charge in [-0.05, 0) is 75.7 Å². The summed E-state index contributed by atoms with van der Waals surface area (Å²) < 4.78 is 5.62. The number of benzene rings is 2. The molecule has 2 N–H and O–H groups in total.